The molecule has 0 unspecified atom stereocenters. The minimum atomic E-state index is -3.27. The summed E-state index contributed by atoms with van der Waals surface area (Å²) in [4.78, 5) is 2.54. The lowest BCUT2D eigenvalue weighted by Gasteiger charge is -2.24. The van der Waals surface area contributed by atoms with Gasteiger partial charge in [-0.05, 0) is 42.8 Å². The van der Waals surface area contributed by atoms with Crippen LogP contribution in [0, 0.1) is 0 Å². The number of para-hydroxylation sites is 2. The van der Waals surface area contributed by atoms with E-state index in [0.717, 1.165) is 35.4 Å². The molecule has 0 radical (unpaired) electrons. The molecular formula is C17H19BrN2O2S. The standard InChI is InChI=1S/C17H19BrN2O2S/c18-14-6-8-15(9-7-14)23(21,22)13-12-20-11-3-10-19-16-4-1-2-5-17(16)20/h1-2,4-9,19H,3,10-13H2. The Hall–Kier alpha value is -1.53. The van der Waals surface area contributed by atoms with Crippen LogP contribution in [0.25, 0.3) is 0 Å². The molecule has 1 N–H and O–H groups in total. The molecule has 122 valence electrons. The summed E-state index contributed by atoms with van der Waals surface area (Å²) in [5, 5.41) is 3.39. The van der Waals surface area contributed by atoms with Crippen molar-refractivity contribution in [3.8, 4) is 0 Å². The van der Waals surface area contributed by atoms with Crippen molar-refractivity contribution >= 4 is 37.1 Å². The Morgan fingerprint density at radius 3 is 2.61 bits per heavy atom. The first-order chi connectivity index (χ1) is 11.1. The number of nitrogens with zero attached hydrogens (tertiary/aromatic N) is 1. The Balaban J connectivity index is 1.76. The average Bonchev–Trinajstić information content (AvgIpc) is 2.76. The lowest BCUT2D eigenvalue weighted by atomic mass is 10.2. The average molecular weight is 395 g/mol. The number of halogens is 1. The molecule has 23 heavy (non-hydrogen) atoms. The first-order valence-corrected chi connectivity index (χ1v) is 10.1. The van der Waals surface area contributed by atoms with Gasteiger partial charge in [0.05, 0.1) is 22.0 Å². The molecule has 0 atom stereocenters. The van der Waals surface area contributed by atoms with Gasteiger partial charge in [0.1, 0.15) is 0 Å². The van der Waals surface area contributed by atoms with Crippen LogP contribution in [0.5, 0.6) is 0 Å². The van der Waals surface area contributed by atoms with Gasteiger partial charge in [0.25, 0.3) is 0 Å². The van der Waals surface area contributed by atoms with Crippen LogP contribution in [-0.2, 0) is 9.84 Å². The fourth-order valence-electron chi connectivity index (χ4n) is 2.73. The second kappa shape index (κ2) is 6.93. The molecular weight excluding hydrogens is 376 g/mol. The molecule has 4 nitrogen and oxygen atoms in total. The van der Waals surface area contributed by atoms with Gasteiger partial charge in [0.2, 0.25) is 0 Å². The lowest BCUT2D eigenvalue weighted by molar-refractivity contribution is 0.594. The van der Waals surface area contributed by atoms with Gasteiger partial charge in [-0.25, -0.2) is 8.42 Å². The third-order valence-electron chi connectivity index (χ3n) is 3.97. The Morgan fingerprint density at radius 2 is 1.83 bits per heavy atom. The zero-order valence-electron chi connectivity index (χ0n) is 12.7. The zero-order chi connectivity index (χ0) is 16.3. The second-order valence-electron chi connectivity index (χ2n) is 5.56. The summed E-state index contributed by atoms with van der Waals surface area (Å²) in [6, 6.07) is 14.9. The molecule has 1 aliphatic rings. The van der Waals surface area contributed by atoms with Gasteiger partial charge < -0.3 is 10.2 Å². The third kappa shape index (κ3) is 3.87. The van der Waals surface area contributed by atoms with Crippen molar-refractivity contribution in [3.05, 3.63) is 53.0 Å². The molecule has 2 aromatic carbocycles. The van der Waals surface area contributed by atoms with Crippen molar-refractivity contribution < 1.29 is 8.42 Å². The van der Waals surface area contributed by atoms with E-state index in [2.05, 4.69) is 26.1 Å². The van der Waals surface area contributed by atoms with Crippen LogP contribution in [0.3, 0.4) is 0 Å². The van der Waals surface area contributed by atoms with E-state index in [0.29, 0.717) is 11.4 Å². The van der Waals surface area contributed by atoms with E-state index in [1.54, 1.807) is 24.3 Å². The summed E-state index contributed by atoms with van der Waals surface area (Å²) in [5.41, 5.74) is 2.15. The van der Waals surface area contributed by atoms with Gasteiger partial charge in [-0.15, -0.1) is 0 Å². The highest BCUT2D eigenvalue weighted by Crippen LogP contribution is 2.28. The molecule has 0 saturated heterocycles. The summed E-state index contributed by atoms with van der Waals surface area (Å²) in [6.45, 7) is 2.27. The Kier molecular flexibility index (Phi) is 4.92. The number of sulfone groups is 1. The number of rotatable bonds is 4. The van der Waals surface area contributed by atoms with Gasteiger partial charge in [0, 0.05) is 24.1 Å². The van der Waals surface area contributed by atoms with Gasteiger partial charge in [0.15, 0.2) is 9.84 Å². The smallest absolute Gasteiger partial charge is 0.180 e. The molecule has 1 heterocycles. The summed E-state index contributed by atoms with van der Waals surface area (Å²) < 4.78 is 25.9. The van der Waals surface area contributed by atoms with E-state index >= 15 is 0 Å². The number of hydrogen-bond donors (Lipinski definition) is 1. The summed E-state index contributed by atoms with van der Waals surface area (Å²) in [6.07, 6.45) is 0.993. The van der Waals surface area contributed by atoms with Crippen LogP contribution in [0.15, 0.2) is 57.9 Å². The SMILES string of the molecule is O=S(=O)(CCN1CCCNc2ccccc21)c1ccc(Br)cc1. The maximum absolute atomic E-state index is 12.5. The van der Waals surface area contributed by atoms with Crippen molar-refractivity contribution in [2.24, 2.45) is 0 Å². The fraction of sp³-hybridized carbons (Fsp3) is 0.294. The van der Waals surface area contributed by atoms with Gasteiger partial charge >= 0.3 is 0 Å². The second-order valence-corrected chi connectivity index (χ2v) is 8.58. The number of benzene rings is 2. The molecule has 2 aromatic rings. The van der Waals surface area contributed by atoms with Crippen molar-refractivity contribution in [1.29, 1.82) is 0 Å². The van der Waals surface area contributed by atoms with Gasteiger partial charge in [-0.2, -0.15) is 0 Å². The predicted octanol–water partition coefficient (Wildman–Crippen LogP) is 3.55. The molecule has 0 aliphatic carbocycles. The predicted molar refractivity (Wildman–Crippen MR) is 98.0 cm³/mol. The first-order valence-electron chi connectivity index (χ1n) is 7.62. The van der Waals surface area contributed by atoms with E-state index < -0.39 is 9.84 Å². The zero-order valence-corrected chi connectivity index (χ0v) is 15.1. The Morgan fingerprint density at radius 1 is 1.09 bits per heavy atom. The Bertz CT molecular complexity index is 775. The van der Waals surface area contributed by atoms with Crippen molar-refractivity contribution in [1.82, 2.24) is 0 Å². The first kappa shape index (κ1) is 16.3. The number of fused-ring (bicyclic) bond motifs is 1. The number of anilines is 2. The van der Waals surface area contributed by atoms with Crippen LogP contribution >= 0.6 is 15.9 Å². The maximum Gasteiger partial charge on any atom is 0.180 e. The van der Waals surface area contributed by atoms with Crippen LogP contribution in [-0.4, -0.2) is 33.8 Å². The molecule has 0 fully saturated rings. The summed E-state index contributed by atoms with van der Waals surface area (Å²) in [5.74, 6) is 0.114. The summed E-state index contributed by atoms with van der Waals surface area (Å²) >= 11 is 3.33. The third-order valence-corrected chi connectivity index (χ3v) is 6.21. The fourth-order valence-corrected chi connectivity index (χ4v) is 4.25. The number of hydrogen-bond acceptors (Lipinski definition) is 4. The van der Waals surface area contributed by atoms with E-state index in [1.807, 2.05) is 24.3 Å². The molecule has 6 heteroatoms. The van der Waals surface area contributed by atoms with Crippen molar-refractivity contribution in [2.75, 3.05) is 35.6 Å². The maximum atomic E-state index is 12.5. The van der Waals surface area contributed by atoms with E-state index in [-0.39, 0.29) is 5.75 Å². The Labute approximate surface area is 145 Å². The van der Waals surface area contributed by atoms with Gasteiger partial charge in [-0.1, -0.05) is 28.1 Å². The topological polar surface area (TPSA) is 49.4 Å². The highest BCUT2D eigenvalue weighted by atomic mass is 79.9. The largest absolute Gasteiger partial charge is 0.383 e. The van der Waals surface area contributed by atoms with E-state index in [4.69, 9.17) is 0 Å². The highest BCUT2D eigenvalue weighted by molar-refractivity contribution is 9.10. The van der Waals surface area contributed by atoms with E-state index in [1.165, 1.54) is 0 Å². The summed E-state index contributed by atoms with van der Waals surface area (Å²) in [7, 11) is -3.27. The molecule has 1 aliphatic heterocycles. The minimum Gasteiger partial charge on any atom is -0.383 e. The molecule has 0 saturated carbocycles. The monoisotopic (exact) mass is 394 g/mol. The minimum absolute atomic E-state index is 0.114. The highest BCUT2D eigenvalue weighted by Gasteiger charge is 2.19. The van der Waals surface area contributed by atoms with Crippen molar-refractivity contribution in [3.63, 3.8) is 0 Å². The molecule has 0 bridgehead atoms. The molecule has 3 rings (SSSR count). The van der Waals surface area contributed by atoms with Crippen LogP contribution in [0.4, 0.5) is 11.4 Å². The molecule has 0 amide bonds. The van der Waals surface area contributed by atoms with E-state index in [9.17, 15) is 8.42 Å². The lowest BCUT2D eigenvalue weighted by Crippen LogP contribution is -2.30. The van der Waals surface area contributed by atoms with Crippen molar-refractivity contribution in [2.45, 2.75) is 11.3 Å². The van der Waals surface area contributed by atoms with Crippen LogP contribution < -0.4 is 10.2 Å². The molecule has 0 aromatic heterocycles. The number of nitrogens with one attached hydrogen (secondary N) is 1. The van der Waals surface area contributed by atoms with Crippen LogP contribution in [0.2, 0.25) is 0 Å². The molecule has 0 spiro atoms. The van der Waals surface area contributed by atoms with Crippen LogP contribution in [0.1, 0.15) is 6.42 Å². The quantitative estimate of drug-likeness (QED) is 0.861. The van der Waals surface area contributed by atoms with Gasteiger partial charge in [-0.3, -0.25) is 0 Å². The normalized spacial score (nSPS) is 14.7.